The molecule has 2 amide bonds. The predicted octanol–water partition coefficient (Wildman–Crippen LogP) is 3.00. The van der Waals surface area contributed by atoms with Gasteiger partial charge in [-0.3, -0.25) is 4.98 Å². The number of halogens is 1. The number of aromatic nitrogens is 1. The van der Waals surface area contributed by atoms with Gasteiger partial charge in [0.15, 0.2) is 0 Å². The van der Waals surface area contributed by atoms with Crippen molar-refractivity contribution in [2.24, 2.45) is 0 Å². The van der Waals surface area contributed by atoms with E-state index in [0.717, 1.165) is 5.56 Å². The Morgan fingerprint density at radius 3 is 2.68 bits per heavy atom. The first kappa shape index (κ1) is 16.1. The van der Waals surface area contributed by atoms with Gasteiger partial charge in [-0.1, -0.05) is 23.7 Å². The average molecular weight is 320 g/mol. The molecule has 0 aliphatic rings. The van der Waals surface area contributed by atoms with Crippen LogP contribution in [0, 0.1) is 0 Å². The summed E-state index contributed by atoms with van der Waals surface area (Å²) < 4.78 is 5.54. The Morgan fingerprint density at radius 2 is 1.91 bits per heavy atom. The van der Waals surface area contributed by atoms with Gasteiger partial charge < -0.3 is 15.4 Å². The van der Waals surface area contributed by atoms with Gasteiger partial charge in [0.1, 0.15) is 5.75 Å². The Labute approximate surface area is 134 Å². The molecule has 0 fully saturated rings. The van der Waals surface area contributed by atoms with E-state index in [1.165, 1.54) is 0 Å². The van der Waals surface area contributed by atoms with Crippen LogP contribution >= 0.6 is 11.6 Å². The molecule has 1 heterocycles. The summed E-state index contributed by atoms with van der Waals surface area (Å²) in [6.45, 7) is 1.51. The molecule has 2 rings (SSSR count). The Bertz CT molecular complexity index is 593. The third-order valence-corrected chi connectivity index (χ3v) is 3.22. The molecule has 2 aromatic rings. The van der Waals surface area contributed by atoms with E-state index in [1.807, 2.05) is 30.3 Å². The lowest BCUT2D eigenvalue weighted by Crippen LogP contribution is -2.36. The lowest BCUT2D eigenvalue weighted by molar-refractivity contribution is 0.238. The van der Waals surface area contributed by atoms with Crippen LogP contribution in [0.2, 0.25) is 5.02 Å². The van der Waals surface area contributed by atoms with Gasteiger partial charge in [-0.15, -0.1) is 0 Å². The number of benzene rings is 1. The highest BCUT2D eigenvalue weighted by Crippen LogP contribution is 2.22. The monoisotopic (exact) mass is 319 g/mol. The number of nitrogens with zero attached hydrogens (tertiary/aromatic N) is 1. The molecule has 0 unspecified atom stereocenters. The molecule has 0 saturated carbocycles. The van der Waals surface area contributed by atoms with E-state index >= 15 is 0 Å². The van der Waals surface area contributed by atoms with Gasteiger partial charge in [0, 0.05) is 25.5 Å². The van der Waals surface area contributed by atoms with Crippen molar-refractivity contribution in [3.63, 3.8) is 0 Å². The summed E-state index contributed by atoms with van der Waals surface area (Å²) in [6.07, 6.45) is 4.09. The van der Waals surface area contributed by atoms with E-state index in [1.54, 1.807) is 18.5 Å². The zero-order chi connectivity index (χ0) is 15.6. The van der Waals surface area contributed by atoms with Crippen LogP contribution in [0.15, 0.2) is 48.8 Å². The molecule has 0 saturated heterocycles. The summed E-state index contributed by atoms with van der Waals surface area (Å²) in [6, 6.07) is 10.8. The Kier molecular flexibility index (Phi) is 6.51. The second-order valence-electron chi connectivity index (χ2n) is 4.60. The van der Waals surface area contributed by atoms with Crippen molar-refractivity contribution < 1.29 is 9.53 Å². The van der Waals surface area contributed by atoms with Crippen molar-refractivity contribution in [1.29, 1.82) is 0 Å². The quantitative estimate of drug-likeness (QED) is 0.771. The van der Waals surface area contributed by atoms with Gasteiger partial charge in [-0.2, -0.15) is 0 Å². The lowest BCUT2D eigenvalue weighted by atomic mass is 10.3. The molecule has 5 nitrogen and oxygen atoms in total. The molecule has 2 N–H and O–H groups in total. The molecule has 1 aromatic carbocycles. The second kappa shape index (κ2) is 8.89. The Balaban J connectivity index is 1.57. The molecule has 1 aromatic heterocycles. The van der Waals surface area contributed by atoms with E-state index in [-0.39, 0.29) is 6.03 Å². The second-order valence-corrected chi connectivity index (χ2v) is 5.00. The van der Waals surface area contributed by atoms with E-state index in [9.17, 15) is 4.79 Å². The molecule has 6 heteroatoms. The van der Waals surface area contributed by atoms with E-state index in [0.29, 0.717) is 36.9 Å². The third-order valence-electron chi connectivity index (χ3n) is 2.90. The van der Waals surface area contributed by atoms with Gasteiger partial charge in [-0.05, 0) is 36.2 Å². The van der Waals surface area contributed by atoms with Gasteiger partial charge in [0.25, 0.3) is 0 Å². The molecule has 0 aliphatic carbocycles. The maximum atomic E-state index is 11.6. The molecule has 0 atom stereocenters. The summed E-state index contributed by atoms with van der Waals surface area (Å²) in [7, 11) is 0. The first-order chi connectivity index (χ1) is 10.8. The topological polar surface area (TPSA) is 63.2 Å². The first-order valence-corrected chi connectivity index (χ1v) is 7.41. The number of urea groups is 1. The maximum Gasteiger partial charge on any atom is 0.315 e. The number of amides is 2. The standard InChI is InChI=1S/C16H18ClN3O2/c17-14-4-1-2-5-15(14)22-11-3-8-19-16(21)20-12-13-6-9-18-10-7-13/h1-2,4-7,9-10H,3,8,11-12H2,(H2,19,20,21). The van der Waals surface area contributed by atoms with Crippen LogP contribution in [0.4, 0.5) is 4.79 Å². The zero-order valence-electron chi connectivity index (χ0n) is 12.1. The summed E-state index contributed by atoms with van der Waals surface area (Å²) in [5, 5.41) is 6.14. The third kappa shape index (κ3) is 5.61. The highest BCUT2D eigenvalue weighted by atomic mass is 35.5. The average Bonchev–Trinajstić information content (AvgIpc) is 2.55. The van der Waals surface area contributed by atoms with E-state index in [2.05, 4.69) is 15.6 Å². The summed E-state index contributed by atoms with van der Waals surface area (Å²) in [4.78, 5) is 15.5. The minimum Gasteiger partial charge on any atom is -0.492 e. The fraction of sp³-hybridized carbons (Fsp3) is 0.250. The van der Waals surface area contributed by atoms with Crippen LogP contribution in [-0.4, -0.2) is 24.2 Å². The Morgan fingerprint density at radius 1 is 1.14 bits per heavy atom. The van der Waals surface area contributed by atoms with Crippen LogP contribution in [0.3, 0.4) is 0 Å². The highest BCUT2D eigenvalue weighted by Gasteiger charge is 2.01. The van der Waals surface area contributed by atoms with Crippen molar-refractivity contribution in [1.82, 2.24) is 15.6 Å². The number of nitrogens with one attached hydrogen (secondary N) is 2. The molecular formula is C16H18ClN3O2. The van der Waals surface area contributed by atoms with E-state index in [4.69, 9.17) is 16.3 Å². The SMILES string of the molecule is O=C(NCCCOc1ccccc1Cl)NCc1ccncc1. The van der Waals surface area contributed by atoms with Crippen molar-refractivity contribution in [2.45, 2.75) is 13.0 Å². The van der Waals surface area contributed by atoms with E-state index < -0.39 is 0 Å². The van der Waals surface area contributed by atoms with Crippen molar-refractivity contribution in [3.05, 3.63) is 59.4 Å². The van der Waals surface area contributed by atoms with Crippen LogP contribution in [0.5, 0.6) is 5.75 Å². The smallest absolute Gasteiger partial charge is 0.315 e. The first-order valence-electron chi connectivity index (χ1n) is 7.03. The van der Waals surface area contributed by atoms with Crippen LogP contribution < -0.4 is 15.4 Å². The van der Waals surface area contributed by atoms with Crippen LogP contribution in [-0.2, 0) is 6.54 Å². The maximum absolute atomic E-state index is 11.6. The molecule has 22 heavy (non-hydrogen) atoms. The number of rotatable bonds is 7. The largest absolute Gasteiger partial charge is 0.492 e. The normalized spacial score (nSPS) is 10.0. The van der Waals surface area contributed by atoms with Crippen molar-refractivity contribution in [2.75, 3.05) is 13.2 Å². The number of hydrogen-bond donors (Lipinski definition) is 2. The Hall–Kier alpha value is -2.27. The fourth-order valence-electron chi connectivity index (χ4n) is 1.76. The summed E-state index contributed by atoms with van der Waals surface area (Å²) in [5.41, 5.74) is 1.01. The van der Waals surface area contributed by atoms with Crippen molar-refractivity contribution in [3.8, 4) is 5.75 Å². The van der Waals surface area contributed by atoms with Crippen molar-refractivity contribution >= 4 is 17.6 Å². The molecule has 0 bridgehead atoms. The minimum atomic E-state index is -0.199. The fourth-order valence-corrected chi connectivity index (χ4v) is 1.95. The predicted molar refractivity (Wildman–Crippen MR) is 86.0 cm³/mol. The minimum absolute atomic E-state index is 0.199. The van der Waals surface area contributed by atoms with Crippen LogP contribution in [0.25, 0.3) is 0 Å². The summed E-state index contributed by atoms with van der Waals surface area (Å²) in [5.74, 6) is 0.659. The number of ether oxygens (including phenoxy) is 1. The number of pyridine rings is 1. The molecule has 116 valence electrons. The molecule has 0 radical (unpaired) electrons. The van der Waals surface area contributed by atoms with Gasteiger partial charge in [0.2, 0.25) is 0 Å². The van der Waals surface area contributed by atoms with Gasteiger partial charge in [-0.25, -0.2) is 4.79 Å². The molecule has 0 spiro atoms. The lowest BCUT2D eigenvalue weighted by Gasteiger charge is -2.09. The molecule has 0 aliphatic heterocycles. The number of carbonyl (C=O) groups excluding carboxylic acids is 1. The van der Waals surface area contributed by atoms with Gasteiger partial charge in [0.05, 0.1) is 11.6 Å². The number of carbonyl (C=O) groups is 1. The molecular weight excluding hydrogens is 302 g/mol. The zero-order valence-corrected chi connectivity index (χ0v) is 12.8. The van der Waals surface area contributed by atoms with Gasteiger partial charge >= 0.3 is 6.03 Å². The summed E-state index contributed by atoms with van der Waals surface area (Å²) >= 11 is 5.98. The number of hydrogen-bond acceptors (Lipinski definition) is 3. The highest BCUT2D eigenvalue weighted by molar-refractivity contribution is 6.32. The van der Waals surface area contributed by atoms with Crippen LogP contribution in [0.1, 0.15) is 12.0 Å². The number of para-hydroxylation sites is 1.